The van der Waals surface area contributed by atoms with Crippen molar-refractivity contribution in [3.8, 4) is 6.07 Å². The van der Waals surface area contributed by atoms with Gasteiger partial charge in [0.15, 0.2) is 0 Å². The second kappa shape index (κ2) is 6.57. The summed E-state index contributed by atoms with van der Waals surface area (Å²) < 4.78 is 0. The van der Waals surface area contributed by atoms with Crippen molar-refractivity contribution < 1.29 is 4.92 Å². The van der Waals surface area contributed by atoms with Gasteiger partial charge in [0.05, 0.1) is 11.3 Å². The van der Waals surface area contributed by atoms with Crippen molar-refractivity contribution in [1.29, 1.82) is 5.26 Å². The fraction of sp³-hybridized carbons (Fsp3) is 0.562. The van der Waals surface area contributed by atoms with Gasteiger partial charge in [-0.2, -0.15) is 5.26 Å². The van der Waals surface area contributed by atoms with Crippen molar-refractivity contribution in [3.63, 3.8) is 0 Å². The fourth-order valence-electron chi connectivity index (χ4n) is 2.88. The molecule has 1 atom stereocenters. The predicted molar refractivity (Wildman–Crippen MR) is 82.1 cm³/mol. The van der Waals surface area contributed by atoms with Crippen molar-refractivity contribution in [3.05, 3.63) is 38.9 Å². The quantitative estimate of drug-likeness (QED) is 0.596. The van der Waals surface area contributed by atoms with Gasteiger partial charge in [-0.15, -0.1) is 0 Å². The molecule has 0 aliphatic carbocycles. The first-order valence-corrected chi connectivity index (χ1v) is 7.51. The van der Waals surface area contributed by atoms with Crippen LogP contribution in [0, 0.1) is 21.4 Å². The van der Waals surface area contributed by atoms with Gasteiger partial charge in [0.1, 0.15) is 6.07 Å². The average molecular weight is 287 g/mol. The van der Waals surface area contributed by atoms with E-state index in [1.165, 1.54) is 0 Å². The fourth-order valence-corrected chi connectivity index (χ4v) is 2.88. The number of hydrogen-bond acceptors (Lipinski definition) is 4. The van der Waals surface area contributed by atoms with E-state index in [2.05, 4.69) is 17.9 Å². The van der Waals surface area contributed by atoms with Crippen molar-refractivity contribution in [2.75, 3.05) is 18.0 Å². The van der Waals surface area contributed by atoms with E-state index in [-0.39, 0.29) is 4.92 Å². The Bertz CT molecular complexity index is 578. The molecular weight excluding hydrogens is 266 g/mol. The SMILES string of the molecule is CCCCN1CCc2cc(CC(C)[N+](=O)[O-])cc(C#N)c21. The largest absolute Gasteiger partial charge is 0.370 e. The zero-order chi connectivity index (χ0) is 15.4. The van der Waals surface area contributed by atoms with Crippen LogP contribution in [0.15, 0.2) is 12.1 Å². The van der Waals surface area contributed by atoms with Gasteiger partial charge in [-0.05, 0) is 30.0 Å². The lowest BCUT2D eigenvalue weighted by Gasteiger charge is -2.20. The third-order valence-electron chi connectivity index (χ3n) is 4.01. The van der Waals surface area contributed by atoms with Crippen LogP contribution in [-0.2, 0) is 12.8 Å². The number of fused-ring (bicyclic) bond motifs is 1. The molecule has 1 aromatic rings. The minimum atomic E-state index is -0.618. The van der Waals surface area contributed by atoms with Crippen LogP contribution >= 0.6 is 0 Å². The maximum Gasteiger partial charge on any atom is 0.214 e. The first-order valence-electron chi connectivity index (χ1n) is 7.51. The molecule has 2 rings (SSSR count). The molecule has 0 N–H and O–H groups in total. The Morgan fingerprint density at radius 2 is 2.29 bits per heavy atom. The molecule has 1 unspecified atom stereocenters. The molecule has 112 valence electrons. The molecule has 1 aromatic carbocycles. The van der Waals surface area contributed by atoms with Crippen LogP contribution in [-0.4, -0.2) is 24.1 Å². The lowest BCUT2D eigenvalue weighted by atomic mass is 9.99. The van der Waals surface area contributed by atoms with Crippen LogP contribution in [0.5, 0.6) is 0 Å². The highest BCUT2D eigenvalue weighted by molar-refractivity contribution is 5.68. The second-order valence-electron chi connectivity index (χ2n) is 5.69. The summed E-state index contributed by atoms with van der Waals surface area (Å²) in [5.41, 5.74) is 3.76. The van der Waals surface area contributed by atoms with E-state index < -0.39 is 6.04 Å². The summed E-state index contributed by atoms with van der Waals surface area (Å²) in [5, 5.41) is 20.2. The van der Waals surface area contributed by atoms with Gasteiger partial charge in [0.25, 0.3) is 0 Å². The van der Waals surface area contributed by atoms with E-state index in [1.807, 2.05) is 12.1 Å². The van der Waals surface area contributed by atoms with Gasteiger partial charge in [-0.25, -0.2) is 0 Å². The minimum Gasteiger partial charge on any atom is -0.370 e. The van der Waals surface area contributed by atoms with Crippen molar-refractivity contribution >= 4 is 5.69 Å². The Morgan fingerprint density at radius 1 is 1.52 bits per heavy atom. The molecule has 0 aromatic heterocycles. The molecule has 1 aliphatic heterocycles. The molecule has 0 fully saturated rings. The summed E-state index contributed by atoms with van der Waals surface area (Å²) >= 11 is 0. The van der Waals surface area contributed by atoms with Crippen molar-refractivity contribution in [2.24, 2.45) is 0 Å². The Balaban J connectivity index is 2.27. The van der Waals surface area contributed by atoms with Crippen molar-refractivity contribution in [1.82, 2.24) is 0 Å². The number of nitrogens with zero attached hydrogens (tertiary/aromatic N) is 3. The van der Waals surface area contributed by atoms with Crippen LogP contribution in [0.2, 0.25) is 0 Å². The van der Waals surface area contributed by atoms with E-state index in [4.69, 9.17) is 0 Å². The van der Waals surface area contributed by atoms with Crippen LogP contribution in [0.1, 0.15) is 43.4 Å². The van der Waals surface area contributed by atoms with E-state index in [9.17, 15) is 15.4 Å². The zero-order valence-electron chi connectivity index (χ0n) is 12.6. The van der Waals surface area contributed by atoms with E-state index in [1.54, 1.807) is 6.92 Å². The summed E-state index contributed by atoms with van der Waals surface area (Å²) in [6, 6.07) is 5.51. The number of nitriles is 1. The number of rotatable bonds is 6. The first-order chi connectivity index (χ1) is 10.1. The highest BCUT2D eigenvalue weighted by Gasteiger charge is 2.24. The Hall–Kier alpha value is -2.09. The molecule has 0 amide bonds. The van der Waals surface area contributed by atoms with Gasteiger partial charge >= 0.3 is 0 Å². The maximum atomic E-state index is 10.8. The molecule has 5 heteroatoms. The third kappa shape index (κ3) is 3.33. The van der Waals surface area contributed by atoms with Crippen LogP contribution < -0.4 is 4.90 Å². The van der Waals surface area contributed by atoms with E-state index >= 15 is 0 Å². The number of nitro groups is 1. The summed E-state index contributed by atoms with van der Waals surface area (Å²) in [6.45, 7) is 5.68. The molecule has 0 radical (unpaired) electrons. The number of unbranched alkanes of at least 4 members (excludes halogenated alkanes) is 1. The smallest absolute Gasteiger partial charge is 0.214 e. The number of benzene rings is 1. The third-order valence-corrected chi connectivity index (χ3v) is 4.01. The standard InChI is InChI=1S/C16H21N3O2/c1-3-4-6-18-7-5-14-9-13(8-12(2)19(20)21)10-15(11-17)16(14)18/h9-10,12H,3-8H2,1-2H3. The molecule has 1 aliphatic rings. The van der Waals surface area contributed by atoms with E-state index in [0.29, 0.717) is 12.0 Å². The van der Waals surface area contributed by atoms with Gasteiger partial charge in [0, 0.05) is 31.4 Å². The maximum absolute atomic E-state index is 10.8. The lowest BCUT2D eigenvalue weighted by molar-refractivity contribution is -0.517. The van der Waals surface area contributed by atoms with Crippen LogP contribution in [0.4, 0.5) is 5.69 Å². The molecular formula is C16H21N3O2. The number of anilines is 1. The van der Waals surface area contributed by atoms with Gasteiger partial charge in [-0.3, -0.25) is 10.1 Å². The molecule has 0 saturated carbocycles. The van der Waals surface area contributed by atoms with Crippen molar-refractivity contribution in [2.45, 2.75) is 45.6 Å². The zero-order valence-corrected chi connectivity index (χ0v) is 12.6. The predicted octanol–water partition coefficient (Wildman–Crippen LogP) is 2.93. The highest BCUT2D eigenvalue weighted by atomic mass is 16.6. The van der Waals surface area contributed by atoms with Gasteiger partial charge in [-0.1, -0.05) is 19.4 Å². The lowest BCUT2D eigenvalue weighted by Crippen LogP contribution is -2.22. The highest BCUT2D eigenvalue weighted by Crippen LogP contribution is 2.33. The monoisotopic (exact) mass is 287 g/mol. The molecule has 0 bridgehead atoms. The summed E-state index contributed by atoms with van der Waals surface area (Å²) in [7, 11) is 0. The van der Waals surface area contributed by atoms with E-state index in [0.717, 1.165) is 49.2 Å². The topological polar surface area (TPSA) is 70.2 Å². The minimum absolute atomic E-state index is 0.271. The van der Waals surface area contributed by atoms with Gasteiger partial charge in [0.2, 0.25) is 6.04 Å². The molecule has 21 heavy (non-hydrogen) atoms. The summed E-state index contributed by atoms with van der Waals surface area (Å²) in [4.78, 5) is 12.8. The normalized spacial score (nSPS) is 14.6. The second-order valence-corrected chi connectivity index (χ2v) is 5.69. The molecule has 1 heterocycles. The summed E-state index contributed by atoms with van der Waals surface area (Å²) in [6.07, 6.45) is 3.55. The summed E-state index contributed by atoms with van der Waals surface area (Å²) in [5.74, 6) is 0. The Kier molecular flexibility index (Phi) is 4.79. The Morgan fingerprint density at radius 3 is 2.90 bits per heavy atom. The molecule has 5 nitrogen and oxygen atoms in total. The Labute approximate surface area is 125 Å². The average Bonchev–Trinajstić information content (AvgIpc) is 2.87. The first kappa shape index (κ1) is 15.3. The van der Waals surface area contributed by atoms with Crippen LogP contribution in [0.25, 0.3) is 0 Å². The van der Waals surface area contributed by atoms with Crippen LogP contribution in [0.3, 0.4) is 0 Å². The number of hydrogen-bond donors (Lipinski definition) is 0. The molecule has 0 saturated heterocycles. The van der Waals surface area contributed by atoms with Gasteiger partial charge < -0.3 is 4.90 Å². The molecule has 0 spiro atoms.